The van der Waals surface area contributed by atoms with E-state index in [4.69, 9.17) is 11.6 Å². The van der Waals surface area contributed by atoms with Crippen molar-refractivity contribution in [3.05, 3.63) is 35.9 Å². The first-order chi connectivity index (χ1) is 6.66. The first-order valence-corrected chi connectivity index (χ1v) is 4.99. The zero-order valence-corrected chi connectivity index (χ0v) is 8.74. The first-order valence-electron chi connectivity index (χ1n) is 4.46. The van der Waals surface area contributed by atoms with Gasteiger partial charge in [0.2, 0.25) is 0 Å². The number of Topliss-reactive ketones (excluding diaryl/α,β-unsaturated/α-hetero) is 1. The van der Waals surface area contributed by atoms with Crippen molar-refractivity contribution < 1.29 is 9.90 Å². The van der Waals surface area contributed by atoms with E-state index in [9.17, 15) is 9.90 Å². The molecule has 0 spiro atoms. The minimum Gasteiger partial charge on any atom is -0.388 e. The molecule has 1 rings (SSSR count). The highest BCUT2D eigenvalue weighted by atomic mass is 35.5. The Hall–Kier alpha value is -0.860. The molecule has 2 nitrogen and oxygen atoms in total. The number of hydrogen-bond acceptors (Lipinski definition) is 2. The fourth-order valence-corrected chi connectivity index (χ4v) is 1.68. The molecule has 0 amide bonds. The largest absolute Gasteiger partial charge is 0.388 e. The molecular weight excluding hydrogens is 200 g/mol. The monoisotopic (exact) mass is 212 g/mol. The van der Waals surface area contributed by atoms with Crippen molar-refractivity contribution in [1.29, 1.82) is 0 Å². The zero-order valence-electron chi connectivity index (χ0n) is 7.98. The second-order valence-electron chi connectivity index (χ2n) is 3.23. The number of carbonyl (C=O) groups excluding carboxylic acids is 1. The van der Waals surface area contributed by atoms with E-state index in [-0.39, 0.29) is 11.7 Å². The van der Waals surface area contributed by atoms with Crippen molar-refractivity contribution in [3.63, 3.8) is 0 Å². The lowest BCUT2D eigenvalue weighted by atomic mass is 9.94. The normalized spacial score (nSPS) is 14.8. The van der Waals surface area contributed by atoms with Gasteiger partial charge in [0.1, 0.15) is 5.78 Å². The highest BCUT2D eigenvalue weighted by molar-refractivity contribution is 6.19. The lowest BCUT2D eigenvalue weighted by molar-refractivity contribution is -0.123. The second kappa shape index (κ2) is 5.13. The quantitative estimate of drug-likeness (QED) is 0.777. The Balaban J connectivity index is 2.83. The molecule has 76 valence electrons. The lowest BCUT2D eigenvalue weighted by Gasteiger charge is -2.18. The minimum absolute atomic E-state index is 0.0867. The van der Waals surface area contributed by atoms with Gasteiger partial charge < -0.3 is 5.11 Å². The molecule has 1 aromatic carbocycles. The minimum atomic E-state index is -0.800. The average Bonchev–Trinajstić information content (AvgIpc) is 2.19. The lowest BCUT2D eigenvalue weighted by Crippen LogP contribution is -2.21. The van der Waals surface area contributed by atoms with Crippen LogP contribution >= 0.6 is 11.6 Å². The van der Waals surface area contributed by atoms with Crippen LogP contribution in [-0.4, -0.2) is 16.8 Å². The maximum Gasteiger partial charge on any atom is 0.137 e. The Morgan fingerprint density at radius 3 is 2.43 bits per heavy atom. The Labute approximate surface area is 88.5 Å². The van der Waals surface area contributed by atoms with E-state index in [1.807, 2.05) is 18.2 Å². The van der Waals surface area contributed by atoms with Crippen molar-refractivity contribution in [1.82, 2.24) is 0 Å². The predicted octanol–water partition coefficient (Wildman–Crippen LogP) is 2.16. The number of rotatable bonds is 4. The molecule has 14 heavy (non-hydrogen) atoms. The number of ketones is 1. The third-order valence-corrected chi connectivity index (χ3v) is 2.54. The fourth-order valence-electron chi connectivity index (χ4n) is 1.30. The first kappa shape index (κ1) is 11.2. The smallest absolute Gasteiger partial charge is 0.137 e. The van der Waals surface area contributed by atoms with Crippen LogP contribution in [0.3, 0.4) is 0 Å². The van der Waals surface area contributed by atoms with Crippen LogP contribution in [0.2, 0.25) is 0 Å². The molecule has 0 aliphatic rings. The topological polar surface area (TPSA) is 37.3 Å². The van der Waals surface area contributed by atoms with Crippen molar-refractivity contribution in [2.24, 2.45) is 5.92 Å². The Morgan fingerprint density at radius 1 is 1.43 bits per heavy atom. The summed E-state index contributed by atoms with van der Waals surface area (Å²) >= 11 is 5.63. The number of hydrogen-bond donors (Lipinski definition) is 1. The van der Waals surface area contributed by atoms with Crippen molar-refractivity contribution >= 4 is 17.4 Å². The van der Waals surface area contributed by atoms with Gasteiger partial charge in [-0.25, -0.2) is 0 Å². The van der Waals surface area contributed by atoms with E-state index in [0.717, 1.165) is 5.56 Å². The Kier molecular flexibility index (Phi) is 4.11. The summed E-state index contributed by atoms with van der Waals surface area (Å²) in [6, 6.07) is 9.08. The van der Waals surface area contributed by atoms with Gasteiger partial charge >= 0.3 is 0 Å². The SMILES string of the molecule is CC(=O)C(CCl)C(O)c1ccccc1. The summed E-state index contributed by atoms with van der Waals surface area (Å²) in [6.07, 6.45) is -0.800. The zero-order chi connectivity index (χ0) is 10.6. The van der Waals surface area contributed by atoms with Crippen molar-refractivity contribution in [2.45, 2.75) is 13.0 Å². The number of aliphatic hydroxyl groups is 1. The van der Waals surface area contributed by atoms with E-state index in [0.29, 0.717) is 0 Å². The van der Waals surface area contributed by atoms with E-state index in [1.165, 1.54) is 6.92 Å². The third kappa shape index (κ3) is 2.56. The van der Waals surface area contributed by atoms with Crippen LogP contribution in [0.5, 0.6) is 0 Å². The molecule has 0 aliphatic carbocycles. The van der Waals surface area contributed by atoms with E-state index < -0.39 is 12.0 Å². The predicted molar refractivity (Wildman–Crippen MR) is 56.3 cm³/mol. The molecule has 0 aliphatic heterocycles. The highest BCUT2D eigenvalue weighted by Gasteiger charge is 2.23. The molecule has 1 aromatic rings. The molecule has 0 radical (unpaired) electrons. The number of carbonyl (C=O) groups is 1. The summed E-state index contributed by atoms with van der Waals surface area (Å²) in [5.74, 6) is -0.457. The van der Waals surface area contributed by atoms with Gasteiger partial charge in [0.25, 0.3) is 0 Å². The third-order valence-electron chi connectivity index (χ3n) is 2.21. The summed E-state index contributed by atoms with van der Waals surface area (Å²) in [7, 11) is 0. The summed E-state index contributed by atoms with van der Waals surface area (Å²) in [5.41, 5.74) is 0.730. The van der Waals surface area contributed by atoms with Gasteiger partial charge in [0.15, 0.2) is 0 Å². The van der Waals surface area contributed by atoms with Crippen molar-refractivity contribution in [3.8, 4) is 0 Å². The molecule has 0 fully saturated rings. The van der Waals surface area contributed by atoms with Gasteiger partial charge in [0, 0.05) is 5.88 Å². The van der Waals surface area contributed by atoms with Crippen LogP contribution in [-0.2, 0) is 4.79 Å². The van der Waals surface area contributed by atoms with Crippen molar-refractivity contribution in [2.75, 3.05) is 5.88 Å². The number of benzene rings is 1. The molecule has 0 bridgehead atoms. The van der Waals surface area contributed by atoms with Crippen LogP contribution in [0.1, 0.15) is 18.6 Å². The Morgan fingerprint density at radius 2 is 2.00 bits per heavy atom. The maximum absolute atomic E-state index is 11.1. The molecular formula is C11H13ClO2. The average molecular weight is 213 g/mol. The molecule has 1 N–H and O–H groups in total. The van der Waals surface area contributed by atoms with Crippen LogP contribution in [0.4, 0.5) is 0 Å². The molecule has 2 unspecified atom stereocenters. The molecule has 0 saturated heterocycles. The van der Waals surface area contributed by atoms with Gasteiger partial charge in [-0.1, -0.05) is 30.3 Å². The van der Waals surface area contributed by atoms with E-state index in [1.54, 1.807) is 12.1 Å². The highest BCUT2D eigenvalue weighted by Crippen LogP contribution is 2.23. The summed E-state index contributed by atoms with van der Waals surface area (Å²) in [5, 5.41) is 9.85. The molecule has 0 heterocycles. The molecule has 2 atom stereocenters. The number of aliphatic hydroxyl groups excluding tert-OH is 1. The Bertz CT molecular complexity index is 297. The standard InChI is InChI=1S/C11H13ClO2/c1-8(13)10(7-12)11(14)9-5-3-2-4-6-9/h2-6,10-11,14H,7H2,1H3. The summed E-state index contributed by atoms with van der Waals surface area (Å²) in [4.78, 5) is 11.1. The van der Waals surface area contributed by atoms with Gasteiger partial charge in [0.05, 0.1) is 12.0 Å². The maximum atomic E-state index is 11.1. The van der Waals surface area contributed by atoms with Gasteiger partial charge in [-0.3, -0.25) is 4.79 Å². The fraction of sp³-hybridized carbons (Fsp3) is 0.364. The summed E-state index contributed by atoms with van der Waals surface area (Å²) < 4.78 is 0. The van der Waals surface area contributed by atoms with E-state index in [2.05, 4.69) is 0 Å². The molecule has 3 heteroatoms. The second-order valence-corrected chi connectivity index (χ2v) is 3.54. The van der Waals surface area contributed by atoms with Crippen LogP contribution in [0.25, 0.3) is 0 Å². The van der Waals surface area contributed by atoms with Crippen LogP contribution < -0.4 is 0 Å². The van der Waals surface area contributed by atoms with Crippen LogP contribution in [0, 0.1) is 5.92 Å². The molecule has 0 saturated carbocycles. The van der Waals surface area contributed by atoms with Gasteiger partial charge in [-0.05, 0) is 12.5 Å². The van der Waals surface area contributed by atoms with E-state index >= 15 is 0 Å². The summed E-state index contributed by atoms with van der Waals surface area (Å²) in [6.45, 7) is 1.44. The van der Waals surface area contributed by atoms with Gasteiger partial charge in [-0.15, -0.1) is 11.6 Å². The van der Waals surface area contributed by atoms with Gasteiger partial charge in [-0.2, -0.15) is 0 Å². The number of halogens is 1. The number of alkyl halides is 1. The van der Waals surface area contributed by atoms with Crippen LogP contribution in [0.15, 0.2) is 30.3 Å². The molecule has 0 aromatic heterocycles.